The van der Waals surface area contributed by atoms with Gasteiger partial charge in [0, 0.05) is 13.1 Å². The first kappa shape index (κ1) is 20.6. The molecule has 0 N–H and O–H groups in total. The molecule has 1 heterocycles. The number of anilines is 2. The third kappa shape index (κ3) is 3.88. The van der Waals surface area contributed by atoms with Crippen LogP contribution in [0.1, 0.15) is 27.1 Å². The molecule has 8 heteroatoms. The summed E-state index contributed by atoms with van der Waals surface area (Å²) in [5, 5.41) is 0. The predicted molar refractivity (Wildman–Crippen MR) is 107 cm³/mol. The lowest BCUT2D eigenvalue weighted by atomic mass is 10.1. The molecule has 0 unspecified atom stereocenters. The summed E-state index contributed by atoms with van der Waals surface area (Å²) in [5.41, 5.74) is -0.325. The fourth-order valence-corrected chi connectivity index (χ4v) is 3.58. The maximum Gasteiger partial charge on any atom is 0.261 e. The van der Waals surface area contributed by atoms with Crippen LogP contribution in [0, 0.1) is 23.3 Å². The molecule has 0 aliphatic carbocycles. The predicted octanol–water partition coefficient (Wildman–Crippen LogP) is 4.94. The van der Waals surface area contributed by atoms with Crippen LogP contribution in [0.3, 0.4) is 0 Å². The van der Waals surface area contributed by atoms with Crippen LogP contribution in [0.4, 0.5) is 28.9 Å². The Morgan fingerprint density at radius 3 is 1.48 bits per heavy atom. The van der Waals surface area contributed by atoms with Crippen LogP contribution < -0.4 is 9.80 Å². The maximum atomic E-state index is 14.2. The van der Waals surface area contributed by atoms with Crippen molar-refractivity contribution in [3.63, 3.8) is 0 Å². The second-order valence-corrected chi connectivity index (χ2v) is 7.00. The van der Waals surface area contributed by atoms with Gasteiger partial charge in [0.15, 0.2) is 0 Å². The fraction of sp³-hybridized carbons (Fsp3) is 0.130. The van der Waals surface area contributed by atoms with Crippen molar-refractivity contribution in [2.75, 3.05) is 22.9 Å². The van der Waals surface area contributed by atoms with Gasteiger partial charge in [-0.15, -0.1) is 0 Å². The highest BCUT2D eigenvalue weighted by atomic mass is 19.1. The highest BCUT2D eigenvalue weighted by Crippen LogP contribution is 2.34. The maximum absolute atomic E-state index is 14.2. The number of benzene rings is 3. The number of hydrogen-bond acceptors (Lipinski definition) is 2. The van der Waals surface area contributed by atoms with Crippen LogP contribution in [-0.4, -0.2) is 24.9 Å². The molecule has 0 saturated heterocycles. The Morgan fingerprint density at radius 1 is 0.645 bits per heavy atom. The van der Waals surface area contributed by atoms with Crippen molar-refractivity contribution in [3.8, 4) is 0 Å². The topological polar surface area (TPSA) is 40.6 Å². The molecule has 158 valence electrons. The lowest BCUT2D eigenvalue weighted by Crippen LogP contribution is -2.32. The standard InChI is InChI=1S/C23H16F4N2O2/c24-14-6-8-18(26)16(12-14)22(30)28-10-3-11-29(21-5-2-1-4-20(21)28)23(31)17-13-15(25)7-9-19(17)27/h1-2,4-9,12-13H,3,10-11H2. The van der Waals surface area contributed by atoms with Gasteiger partial charge in [0.2, 0.25) is 0 Å². The zero-order valence-electron chi connectivity index (χ0n) is 16.1. The van der Waals surface area contributed by atoms with Crippen molar-refractivity contribution in [2.45, 2.75) is 6.42 Å². The molecule has 0 atom stereocenters. The summed E-state index contributed by atoms with van der Waals surface area (Å²) < 4.78 is 55.7. The van der Waals surface area contributed by atoms with Crippen molar-refractivity contribution >= 4 is 23.2 Å². The molecule has 0 spiro atoms. The van der Waals surface area contributed by atoms with E-state index in [1.54, 1.807) is 24.3 Å². The fourth-order valence-electron chi connectivity index (χ4n) is 3.58. The largest absolute Gasteiger partial charge is 0.306 e. The van der Waals surface area contributed by atoms with E-state index in [0.29, 0.717) is 0 Å². The minimum absolute atomic E-state index is 0.112. The monoisotopic (exact) mass is 428 g/mol. The summed E-state index contributed by atoms with van der Waals surface area (Å²) in [5.74, 6) is -4.80. The van der Waals surface area contributed by atoms with Crippen LogP contribution >= 0.6 is 0 Å². The Hall–Kier alpha value is -3.68. The van der Waals surface area contributed by atoms with Gasteiger partial charge in [-0.05, 0) is 55.0 Å². The zero-order valence-corrected chi connectivity index (χ0v) is 16.1. The van der Waals surface area contributed by atoms with Gasteiger partial charge in [-0.25, -0.2) is 17.6 Å². The number of carbonyl (C=O) groups is 2. The number of para-hydroxylation sites is 2. The lowest BCUT2D eigenvalue weighted by molar-refractivity contribution is 0.0976. The average Bonchev–Trinajstić information content (AvgIpc) is 2.96. The molecule has 3 aromatic rings. The summed E-state index contributed by atoms with van der Waals surface area (Å²) in [7, 11) is 0. The molecule has 0 fully saturated rings. The van der Waals surface area contributed by atoms with E-state index in [9.17, 15) is 27.2 Å². The molecule has 4 rings (SSSR count). The SMILES string of the molecule is O=C(c1cc(F)ccc1F)N1CCCN(C(=O)c2cc(F)ccc2F)c2ccccc21. The average molecular weight is 428 g/mol. The van der Waals surface area contributed by atoms with Gasteiger partial charge in [-0.1, -0.05) is 12.1 Å². The first-order valence-electron chi connectivity index (χ1n) is 9.49. The minimum atomic E-state index is -0.872. The Kier molecular flexibility index (Phi) is 5.46. The van der Waals surface area contributed by atoms with Crippen LogP contribution in [0.2, 0.25) is 0 Å². The highest BCUT2D eigenvalue weighted by molar-refractivity contribution is 6.12. The van der Waals surface area contributed by atoms with Crippen LogP contribution in [0.5, 0.6) is 0 Å². The molecule has 31 heavy (non-hydrogen) atoms. The quantitative estimate of drug-likeness (QED) is 0.543. The van der Waals surface area contributed by atoms with Crippen LogP contribution in [0.15, 0.2) is 60.7 Å². The van der Waals surface area contributed by atoms with E-state index in [1.807, 2.05) is 0 Å². The normalized spacial score (nSPS) is 13.5. The third-order valence-corrected chi connectivity index (χ3v) is 5.03. The molecule has 3 aromatic carbocycles. The van der Waals surface area contributed by atoms with E-state index in [2.05, 4.69) is 0 Å². The number of halogens is 4. The van der Waals surface area contributed by atoms with Crippen molar-refractivity contribution in [2.24, 2.45) is 0 Å². The molecule has 0 bridgehead atoms. The smallest absolute Gasteiger partial charge is 0.261 e. The summed E-state index contributed by atoms with van der Waals surface area (Å²) in [4.78, 5) is 28.6. The summed E-state index contributed by atoms with van der Waals surface area (Å²) >= 11 is 0. The molecule has 0 saturated carbocycles. The van der Waals surface area contributed by atoms with E-state index in [-0.39, 0.29) is 30.9 Å². The van der Waals surface area contributed by atoms with E-state index < -0.39 is 46.2 Å². The van der Waals surface area contributed by atoms with E-state index in [1.165, 1.54) is 9.80 Å². The molecular formula is C23H16F4N2O2. The Bertz CT molecular complexity index is 1090. The van der Waals surface area contributed by atoms with Gasteiger partial charge >= 0.3 is 0 Å². The molecule has 1 aliphatic heterocycles. The first-order valence-corrected chi connectivity index (χ1v) is 9.49. The molecule has 0 radical (unpaired) electrons. The number of amides is 2. The number of fused-ring (bicyclic) bond motifs is 1. The Balaban J connectivity index is 1.76. The molecule has 2 amide bonds. The van der Waals surface area contributed by atoms with Gasteiger partial charge in [-0.2, -0.15) is 0 Å². The summed E-state index contributed by atoms with van der Waals surface area (Å²) in [6.45, 7) is 0.225. The van der Waals surface area contributed by atoms with Crippen molar-refractivity contribution in [1.82, 2.24) is 0 Å². The number of nitrogens with zero attached hydrogens (tertiary/aromatic N) is 2. The third-order valence-electron chi connectivity index (χ3n) is 5.03. The minimum Gasteiger partial charge on any atom is -0.306 e. The first-order chi connectivity index (χ1) is 14.9. The molecule has 0 aromatic heterocycles. The van der Waals surface area contributed by atoms with Gasteiger partial charge in [0.25, 0.3) is 11.8 Å². The molecular weight excluding hydrogens is 412 g/mol. The summed E-state index contributed by atoms with van der Waals surface area (Å²) in [6, 6.07) is 11.6. The molecule has 1 aliphatic rings. The van der Waals surface area contributed by atoms with E-state index >= 15 is 0 Å². The second-order valence-electron chi connectivity index (χ2n) is 7.00. The highest BCUT2D eigenvalue weighted by Gasteiger charge is 2.31. The van der Waals surface area contributed by atoms with Gasteiger partial charge < -0.3 is 9.80 Å². The van der Waals surface area contributed by atoms with Crippen molar-refractivity contribution in [3.05, 3.63) is 95.1 Å². The van der Waals surface area contributed by atoms with Crippen molar-refractivity contribution < 1.29 is 27.2 Å². The van der Waals surface area contributed by atoms with Crippen LogP contribution in [-0.2, 0) is 0 Å². The van der Waals surface area contributed by atoms with Gasteiger partial charge in [0.05, 0.1) is 22.5 Å². The Morgan fingerprint density at radius 2 is 1.06 bits per heavy atom. The van der Waals surface area contributed by atoms with Crippen LogP contribution in [0.25, 0.3) is 0 Å². The lowest BCUT2D eigenvalue weighted by Gasteiger charge is -2.26. The summed E-state index contributed by atoms with van der Waals surface area (Å²) in [6.07, 6.45) is 0.278. The number of rotatable bonds is 2. The second kappa shape index (κ2) is 8.22. The number of carbonyl (C=O) groups excluding carboxylic acids is 2. The van der Waals surface area contributed by atoms with E-state index in [0.717, 1.165) is 36.4 Å². The number of hydrogen-bond donors (Lipinski definition) is 0. The van der Waals surface area contributed by atoms with Gasteiger partial charge in [0.1, 0.15) is 23.3 Å². The zero-order chi connectivity index (χ0) is 22.1. The van der Waals surface area contributed by atoms with E-state index in [4.69, 9.17) is 0 Å². The van der Waals surface area contributed by atoms with Crippen molar-refractivity contribution in [1.29, 1.82) is 0 Å². The Labute approximate surface area is 175 Å². The van der Waals surface area contributed by atoms with Gasteiger partial charge in [-0.3, -0.25) is 9.59 Å². The molecule has 4 nitrogen and oxygen atoms in total.